The van der Waals surface area contributed by atoms with Gasteiger partial charge in [0.05, 0.1) is 37.8 Å². The van der Waals surface area contributed by atoms with E-state index in [2.05, 4.69) is 108 Å². The van der Waals surface area contributed by atoms with Crippen molar-refractivity contribution in [2.45, 2.75) is 19.4 Å². The van der Waals surface area contributed by atoms with Crippen LogP contribution in [0.5, 0.6) is 0 Å². The lowest BCUT2D eigenvalue weighted by molar-refractivity contribution is 0.0673. The first-order valence-electron chi connectivity index (χ1n) is 13.7. The predicted molar refractivity (Wildman–Crippen MR) is 160 cm³/mol. The van der Waals surface area contributed by atoms with Crippen molar-refractivity contribution in [3.8, 4) is 0 Å². The third-order valence-corrected chi connectivity index (χ3v) is 7.41. The Hall–Kier alpha value is -3.90. The van der Waals surface area contributed by atoms with Gasteiger partial charge in [-0.3, -0.25) is 4.84 Å². The largest absolute Gasteiger partial charge is 0.382 e. The molecule has 0 aliphatic carbocycles. The molecular weight excluding hydrogens is 484 g/mol. The smallest absolute Gasteiger partial charge is 0.0737 e. The van der Waals surface area contributed by atoms with Gasteiger partial charge in [-0.1, -0.05) is 72.8 Å². The third-order valence-electron chi connectivity index (χ3n) is 7.41. The summed E-state index contributed by atoms with van der Waals surface area (Å²) < 4.78 is 13.3. The van der Waals surface area contributed by atoms with E-state index in [-0.39, 0.29) is 5.92 Å². The number of allylic oxidation sites excluding steroid dienone is 1. The molecule has 198 valence electrons. The average molecular weight is 519 g/mol. The molecule has 5 aromatic rings. The van der Waals surface area contributed by atoms with Crippen molar-refractivity contribution in [3.63, 3.8) is 0 Å². The summed E-state index contributed by atoms with van der Waals surface area (Å²) in [5, 5.41) is 4.51. The maximum Gasteiger partial charge on any atom is 0.0737 e. The summed E-state index contributed by atoms with van der Waals surface area (Å²) in [6.45, 7) is 5.31. The Morgan fingerprint density at radius 2 is 1.44 bits per heavy atom. The summed E-state index contributed by atoms with van der Waals surface area (Å²) in [5.41, 5.74) is 8.32. The minimum absolute atomic E-state index is 0.135. The molecule has 0 amide bonds. The molecule has 1 aliphatic heterocycles. The zero-order valence-electron chi connectivity index (χ0n) is 22.5. The second-order valence-corrected chi connectivity index (χ2v) is 9.72. The van der Waals surface area contributed by atoms with Crippen molar-refractivity contribution < 1.29 is 14.3 Å². The standard InChI is InChI=1S/C34H34N2O3/c1-3-39-36-33-14-8-5-10-27(33)26(28-11-6-9-15-34(28)36)18-16-25-17-19-32-30(24-25)29-12-4-7-13-31(29)35(32)20-21-38-23-22-37-2/h4-19,24,26H,3,20-23H2,1-2H3. The van der Waals surface area contributed by atoms with E-state index >= 15 is 0 Å². The van der Waals surface area contributed by atoms with E-state index in [0.29, 0.717) is 26.4 Å². The van der Waals surface area contributed by atoms with Crippen LogP contribution in [0, 0.1) is 0 Å². The van der Waals surface area contributed by atoms with Crippen LogP contribution < -0.4 is 5.06 Å². The molecule has 0 spiro atoms. The minimum atomic E-state index is 0.135. The van der Waals surface area contributed by atoms with Gasteiger partial charge in [0, 0.05) is 41.4 Å². The van der Waals surface area contributed by atoms with Crippen molar-refractivity contribution in [2.24, 2.45) is 0 Å². The number of ether oxygens (including phenoxy) is 2. The van der Waals surface area contributed by atoms with Gasteiger partial charge in [-0.15, -0.1) is 0 Å². The van der Waals surface area contributed by atoms with Gasteiger partial charge in [-0.2, -0.15) is 0 Å². The highest BCUT2D eigenvalue weighted by atomic mass is 16.7. The molecule has 0 bridgehead atoms. The first kappa shape index (κ1) is 25.4. The Balaban J connectivity index is 1.35. The SMILES string of the molecule is CCON1c2ccccc2C(C=Cc2ccc3c(c2)c2ccccc2n3CCOCCOC)c2ccccc21. The molecule has 0 N–H and O–H groups in total. The highest BCUT2D eigenvalue weighted by Crippen LogP contribution is 2.46. The number of hydrogen-bond donors (Lipinski definition) is 0. The van der Waals surface area contributed by atoms with Crippen molar-refractivity contribution in [1.82, 2.24) is 4.57 Å². The molecule has 1 aromatic heterocycles. The van der Waals surface area contributed by atoms with E-state index in [1.54, 1.807) is 7.11 Å². The van der Waals surface area contributed by atoms with E-state index in [4.69, 9.17) is 14.3 Å². The maximum absolute atomic E-state index is 6.08. The molecule has 5 heteroatoms. The molecule has 1 aliphatic rings. The fraction of sp³-hybridized carbons (Fsp3) is 0.235. The number of aromatic nitrogens is 1. The summed E-state index contributed by atoms with van der Waals surface area (Å²) in [5.74, 6) is 0.135. The van der Waals surface area contributed by atoms with Crippen LogP contribution in [-0.4, -0.2) is 38.1 Å². The minimum Gasteiger partial charge on any atom is -0.382 e. The fourth-order valence-corrected chi connectivity index (χ4v) is 5.67. The molecule has 0 fully saturated rings. The number of hydrogen-bond acceptors (Lipinski definition) is 4. The fourth-order valence-electron chi connectivity index (χ4n) is 5.67. The number of nitrogens with zero attached hydrogens (tertiary/aromatic N) is 2. The van der Waals surface area contributed by atoms with Gasteiger partial charge >= 0.3 is 0 Å². The molecule has 0 unspecified atom stereocenters. The van der Waals surface area contributed by atoms with Crippen LogP contribution in [0.4, 0.5) is 11.4 Å². The van der Waals surface area contributed by atoms with Gasteiger partial charge in [0.1, 0.15) is 0 Å². The molecule has 2 heterocycles. The Morgan fingerprint density at radius 1 is 0.744 bits per heavy atom. The van der Waals surface area contributed by atoms with E-state index < -0.39 is 0 Å². The van der Waals surface area contributed by atoms with Crippen LogP contribution in [0.25, 0.3) is 27.9 Å². The van der Waals surface area contributed by atoms with Crippen molar-refractivity contribution in [2.75, 3.05) is 38.6 Å². The Kier molecular flexibility index (Phi) is 7.46. The summed E-state index contributed by atoms with van der Waals surface area (Å²) in [6.07, 6.45) is 4.58. The summed E-state index contributed by atoms with van der Waals surface area (Å²) >= 11 is 0. The molecule has 0 radical (unpaired) electrons. The number of methoxy groups -OCH3 is 1. The molecule has 6 rings (SSSR count). The Morgan fingerprint density at radius 3 is 2.18 bits per heavy atom. The van der Waals surface area contributed by atoms with Crippen molar-refractivity contribution in [3.05, 3.63) is 114 Å². The lowest BCUT2D eigenvalue weighted by Crippen LogP contribution is -2.25. The van der Waals surface area contributed by atoms with E-state index in [1.807, 2.05) is 12.0 Å². The Bertz CT molecular complexity index is 1570. The third kappa shape index (κ3) is 4.85. The molecule has 5 nitrogen and oxygen atoms in total. The topological polar surface area (TPSA) is 35.9 Å². The normalized spacial score (nSPS) is 13.4. The number of benzene rings is 4. The molecule has 0 saturated carbocycles. The monoisotopic (exact) mass is 518 g/mol. The highest BCUT2D eigenvalue weighted by Gasteiger charge is 2.29. The first-order chi connectivity index (χ1) is 19.3. The van der Waals surface area contributed by atoms with Gasteiger partial charge in [0.15, 0.2) is 0 Å². The number of para-hydroxylation sites is 3. The van der Waals surface area contributed by atoms with Gasteiger partial charge < -0.3 is 14.0 Å². The van der Waals surface area contributed by atoms with Gasteiger partial charge in [0.2, 0.25) is 0 Å². The lowest BCUT2D eigenvalue weighted by Gasteiger charge is -2.35. The van der Waals surface area contributed by atoms with E-state index in [1.165, 1.54) is 38.5 Å². The number of fused-ring (bicyclic) bond motifs is 5. The van der Waals surface area contributed by atoms with Gasteiger partial charge in [0.25, 0.3) is 0 Å². The quantitative estimate of drug-likeness (QED) is 0.177. The first-order valence-corrected chi connectivity index (χ1v) is 13.7. The van der Waals surface area contributed by atoms with E-state index in [0.717, 1.165) is 17.9 Å². The molecular formula is C34H34N2O3. The van der Waals surface area contributed by atoms with Crippen LogP contribution in [0.1, 0.15) is 29.5 Å². The van der Waals surface area contributed by atoms with E-state index in [9.17, 15) is 0 Å². The van der Waals surface area contributed by atoms with Crippen LogP contribution >= 0.6 is 0 Å². The predicted octanol–water partition coefficient (Wildman–Crippen LogP) is 7.71. The molecule has 4 aromatic carbocycles. The summed E-state index contributed by atoms with van der Waals surface area (Å²) in [6, 6.07) is 32.5. The van der Waals surface area contributed by atoms with Crippen LogP contribution in [0.3, 0.4) is 0 Å². The second-order valence-electron chi connectivity index (χ2n) is 9.72. The molecule has 39 heavy (non-hydrogen) atoms. The van der Waals surface area contributed by atoms with Crippen LogP contribution in [0.15, 0.2) is 97.1 Å². The summed E-state index contributed by atoms with van der Waals surface area (Å²) in [4.78, 5) is 6.08. The zero-order chi connectivity index (χ0) is 26.6. The zero-order valence-corrected chi connectivity index (χ0v) is 22.5. The van der Waals surface area contributed by atoms with Crippen LogP contribution in [-0.2, 0) is 20.9 Å². The number of rotatable bonds is 10. The Labute approximate surface area is 229 Å². The average Bonchev–Trinajstić information content (AvgIpc) is 3.29. The van der Waals surface area contributed by atoms with Gasteiger partial charge in [-0.05, 0) is 53.9 Å². The van der Waals surface area contributed by atoms with Crippen molar-refractivity contribution >= 4 is 39.3 Å². The van der Waals surface area contributed by atoms with Crippen LogP contribution in [0.2, 0.25) is 0 Å². The van der Waals surface area contributed by atoms with Crippen molar-refractivity contribution in [1.29, 1.82) is 0 Å². The molecule has 0 saturated heterocycles. The number of anilines is 2. The highest BCUT2D eigenvalue weighted by molar-refractivity contribution is 6.08. The maximum atomic E-state index is 6.08. The lowest BCUT2D eigenvalue weighted by atomic mass is 9.85. The molecule has 0 atom stereocenters. The second kappa shape index (κ2) is 11.5. The van der Waals surface area contributed by atoms with Gasteiger partial charge in [-0.25, -0.2) is 5.06 Å². The summed E-state index contributed by atoms with van der Waals surface area (Å²) in [7, 11) is 1.70.